The van der Waals surface area contributed by atoms with Gasteiger partial charge in [-0.05, 0) is 49.9 Å². The van der Waals surface area contributed by atoms with E-state index in [1.54, 1.807) is 0 Å². The first-order chi connectivity index (χ1) is 9.90. The molecule has 1 N–H and O–H groups in total. The summed E-state index contributed by atoms with van der Waals surface area (Å²) in [6.45, 7) is 6.18. The van der Waals surface area contributed by atoms with Gasteiger partial charge in [0.05, 0.1) is 13.2 Å². The van der Waals surface area contributed by atoms with Crippen LogP contribution in [0.25, 0.3) is 0 Å². The highest BCUT2D eigenvalue weighted by atomic mass is 16.5. The predicted molar refractivity (Wildman–Crippen MR) is 81.6 cm³/mol. The first kappa shape index (κ1) is 14.1. The van der Waals surface area contributed by atoms with Gasteiger partial charge >= 0.3 is 0 Å². The summed E-state index contributed by atoms with van der Waals surface area (Å²) in [6, 6.07) is 9.55. The number of rotatable bonds is 8. The third kappa shape index (κ3) is 4.58. The van der Waals surface area contributed by atoms with E-state index in [-0.39, 0.29) is 0 Å². The van der Waals surface area contributed by atoms with Crippen LogP contribution in [0.5, 0.6) is 0 Å². The van der Waals surface area contributed by atoms with Crippen LogP contribution in [0.1, 0.15) is 36.8 Å². The minimum Gasteiger partial charge on any atom is -0.375 e. The average molecular weight is 274 g/mol. The fourth-order valence-corrected chi connectivity index (χ4v) is 2.77. The summed E-state index contributed by atoms with van der Waals surface area (Å²) in [5, 5.41) is 3.56. The summed E-state index contributed by atoms with van der Waals surface area (Å²) in [5.74, 6) is 0. The lowest BCUT2D eigenvalue weighted by Gasteiger charge is -2.14. The largest absolute Gasteiger partial charge is 0.375 e. The molecule has 20 heavy (non-hydrogen) atoms. The number of nitrogens with one attached hydrogen (secondary N) is 1. The van der Waals surface area contributed by atoms with Gasteiger partial charge in [0.25, 0.3) is 0 Å². The molecule has 1 saturated heterocycles. The lowest BCUT2D eigenvalue weighted by atomic mass is 10.1. The number of ether oxygens (including phenoxy) is 1. The molecule has 3 nitrogen and oxygen atoms in total. The van der Waals surface area contributed by atoms with Crippen LogP contribution < -0.4 is 5.32 Å². The molecule has 0 aromatic heterocycles. The van der Waals surface area contributed by atoms with E-state index in [2.05, 4.69) is 34.5 Å². The first-order valence-electron chi connectivity index (χ1n) is 8.01. The van der Waals surface area contributed by atoms with Gasteiger partial charge < -0.3 is 15.0 Å². The van der Waals surface area contributed by atoms with Gasteiger partial charge in [-0.1, -0.05) is 24.3 Å². The maximum Gasteiger partial charge on any atom is 0.0717 e. The van der Waals surface area contributed by atoms with Crippen molar-refractivity contribution >= 4 is 0 Å². The smallest absolute Gasteiger partial charge is 0.0717 e. The topological polar surface area (TPSA) is 24.5 Å². The zero-order valence-corrected chi connectivity index (χ0v) is 12.3. The van der Waals surface area contributed by atoms with E-state index >= 15 is 0 Å². The van der Waals surface area contributed by atoms with Crippen LogP contribution in [0.3, 0.4) is 0 Å². The Bertz CT molecular complexity index is 411. The Kier molecular flexibility index (Phi) is 5.06. The molecule has 0 bridgehead atoms. The first-order valence-corrected chi connectivity index (χ1v) is 8.01. The SMILES string of the molecule is c1cc(CNC2CC2)cc(COCCN2CCCC2)c1. The van der Waals surface area contributed by atoms with Crippen LogP contribution in [0.2, 0.25) is 0 Å². The second-order valence-electron chi connectivity index (χ2n) is 6.08. The summed E-state index contributed by atoms with van der Waals surface area (Å²) in [6.07, 6.45) is 5.41. The minimum atomic E-state index is 0.741. The maximum atomic E-state index is 5.81. The van der Waals surface area contributed by atoms with Crippen molar-refractivity contribution in [1.82, 2.24) is 10.2 Å². The highest BCUT2D eigenvalue weighted by molar-refractivity contribution is 5.23. The molecule has 1 aliphatic carbocycles. The molecule has 0 amide bonds. The van der Waals surface area contributed by atoms with Crippen LogP contribution in [0.4, 0.5) is 0 Å². The number of likely N-dealkylation sites (tertiary alicyclic amines) is 1. The maximum absolute atomic E-state index is 5.81. The fraction of sp³-hybridized carbons (Fsp3) is 0.647. The Morgan fingerprint density at radius 3 is 2.75 bits per heavy atom. The second kappa shape index (κ2) is 7.21. The van der Waals surface area contributed by atoms with Crippen molar-refractivity contribution in [3.8, 4) is 0 Å². The standard InChI is InChI=1S/C17H26N2O/c1-2-9-19(8-1)10-11-20-14-16-5-3-4-15(12-16)13-18-17-6-7-17/h3-5,12,17-18H,1-2,6-11,13-14H2. The highest BCUT2D eigenvalue weighted by Gasteiger charge is 2.19. The van der Waals surface area contributed by atoms with Crippen molar-refractivity contribution in [2.45, 2.75) is 44.9 Å². The molecule has 1 aliphatic heterocycles. The third-order valence-electron chi connectivity index (χ3n) is 4.18. The Labute approximate surface area is 122 Å². The third-order valence-corrected chi connectivity index (χ3v) is 4.18. The number of hydrogen-bond donors (Lipinski definition) is 1. The molecule has 1 heterocycles. The van der Waals surface area contributed by atoms with E-state index in [1.807, 2.05) is 0 Å². The van der Waals surface area contributed by atoms with Gasteiger partial charge in [0.1, 0.15) is 0 Å². The molecule has 1 aromatic carbocycles. The Hall–Kier alpha value is -0.900. The fourth-order valence-electron chi connectivity index (χ4n) is 2.77. The molecule has 1 saturated carbocycles. The Morgan fingerprint density at radius 1 is 1.15 bits per heavy atom. The summed E-state index contributed by atoms with van der Waals surface area (Å²) in [7, 11) is 0. The van der Waals surface area contributed by atoms with Crippen molar-refractivity contribution in [2.75, 3.05) is 26.2 Å². The molecule has 0 atom stereocenters. The Morgan fingerprint density at radius 2 is 1.95 bits per heavy atom. The van der Waals surface area contributed by atoms with Crippen molar-refractivity contribution < 1.29 is 4.74 Å². The molecule has 0 unspecified atom stereocenters. The molecule has 110 valence electrons. The average Bonchev–Trinajstić information content (AvgIpc) is 3.17. The zero-order valence-electron chi connectivity index (χ0n) is 12.3. The summed E-state index contributed by atoms with van der Waals surface area (Å²) >= 11 is 0. The van der Waals surface area contributed by atoms with Crippen molar-refractivity contribution in [3.05, 3.63) is 35.4 Å². The van der Waals surface area contributed by atoms with Crippen LogP contribution in [0, 0.1) is 0 Å². The van der Waals surface area contributed by atoms with Crippen LogP contribution in [-0.2, 0) is 17.9 Å². The van der Waals surface area contributed by atoms with Crippen molar-refractivity contribution in [3.63, 3.8) is 0 Å². The predicted octanol–water partition coefficient (Wildman–Crippen LogP) is 2.55. The van der Waals surface area contributed by atoms with Crippen LogP contribution in [-0.4, -0.2) is 37.2 Å². The minimum absolute atomic E-state index is 0.741. The normalized spacial score (nSPS) is 19.6. The lowest BCUT2D eigenvalue weighted by Crippen LogP contribution is -2.23. The van der Waals surface area contributed by atoms with E-state index in [9.17, 15) is 0 Å². The zero-order chi connectivity index (χ0) is 13.6. The molecule has 0 spiro atoms. The van der Waals surface area contributed by atoms with E-state index in [0.717, 1.165) is 32.3 Å². The van der Waals surface area contributed by atoms with Crippen molar-refractivity contribution in [2.24, 2.45) is 0 Å². The van der Waals surface area contributed by atoms with Gasteiger partial charge in [-0.3, -0.25) is 0 Å². The molecule has 0 radical (unpaired) electrons. The summed E-state index contributed by atoms with van der Waals surface area (Å²) in [4.78, 5) is 2.50. The molecule has 2 fully saturated rings. The van der Waals surface area contributed by atoms with E-state index in [1.165, 1.54) is 49.9 Å². The van der Waals surface area contributed by atoms with Crippen LogP contribution in [0.15, 0.2) is 24.3 Å². The molecular weight excluding hydrogens is 248 g/mol. The van der Waals surface area contributed by atoms with E-state index < -0.39 is 0 Å². The van der Waals surface area contributed by atoms with E-state index in [0.29, 0.717) is 0 Å². The highest BCUT2D eigenvalue weighted by Crippen LogP contribution is 2.19. The Balaban J connectivity index is 1.36. The number of hydrogen-bond acceptors (Lipinski definition) is 3. The molecule has 3 rings (SSSR count). The molecule has 3 heteroatoms. The van der Waals surface area contributed by atoms with Gasteiger partial charge in [-0.25, -0.2) is 0 Å². The molecule has 2 aliphatic rings. The quantitative estimate of drug-likeness (QED) is 0.737. The van der Waals surface area contributed by atoms with Gasteiger partial charge in [0.2, 0.25) is 0 Å². The number of nitrogens with zero attached hydrogens (tertiary/aromatic N) is 1. The molecular formula is C17H26N2O. The second-order valence-corrected chi connectivity index (χ2v) is 6.08. The van der Waals surface area contributed by atoms with E-state index in [4.69, 9.17) is 4.74 Å². The van der Waals surface area contributed by atoms with Crippen LogP contribution >= 0.6 is 0 Å². The van der Waals surface area contributed by atoms with Gasteiger partial charge in [-0.15, -0.1) is 0 Å². The van der Waals surface area contributed by atoms with Gasteiger partial charge in [-0.2, -0.15) is 0 Å². The van der Waals surface area contributed by atoms with Gasteiger partial charge in [0.15, 0.2) is 0 Å². The summed E-state index contributed by atoms with van der Waals surface area (Å²) in [5.41, 5.74) is 2.67. The molecule has 1 aromatic rings. The summed E-state index contributed by atoms with van der Waals surface area (Å²) < 4.78 is 5.81. The van der Waals surface area contributed by atoms with Crippen molar-refractivity contribution in [1.29, 1.82) is 0 Å². The van der Waals surface area contributed by atoms with Gasteiger partial charge in [0, 0.05) is 19.1 Å². The number of benzene rings is 1. The monoisotopic (exact) mass is 274 g/mol. The lowest BCUT2D eigenvalue weighted by molar-refractivity contribution is 0.0992.